The molecule has 1 atom stereocenters. The number of halogens is 5. The van der Waals surface area contributed by atoms with Crippen LogP contribution in [0.1, 0.15) is 82.0 Å². The highest BCUT2D eigenvalue weighted by Crippen LogP contribution is 2.79. The number of allylic oxidation sites excluding steroid dienone is 1. The largest absolute Gasteiger partial charge is 0.501 e. The highest BCUT2D eigenvalue weighted by molar-refractivity contribution is 7.99. The van der Waals surface area contributed by atoms with Crippen molar-refractivity contribution in [1.29, 1.82) is 0 Å². The summed E-state index contributed by atoms with van der Waals surface area (Å²) in [7, 11) is -11.0. The molecule has 12 nitrogen and oxygen atoms in total. The maximum atomic E-state index is 14.2. The number of hydrogen-bond acceptors (Lipinski definition) is 11. The van der Waals surface area contributed by atoms with Gasteiger partial charge in [-0.05, 0) is 136 Å². The number of thioether (sulfide) groups is 1. The minimum atomic E-state index is -6.12. The summed E-state index contributed by atoms with van der Waals surface area (Å²) < 4.78 is 125. The van der Waals surface area contributed by atoms with Crippen molar-refractivity contribution in [2.75, 3.05) is 68.3 Å². The number of rotatable bonds is 18. The van der Waals surface area contributed by atoms with Crippen LogP contribution in [-0.2, 0) is 24.7 Å². The molecular weight excluding hydrogens is 962 g/mol. The minimum absolute atomic E-state index is 0.0461. The van der Waals surface area contributed by atoms with Crippen LogP contribution >= 0.6 is 11.8 Å². The molecule has 4 aliphatic carbocycles. The third-order valence-electron chi connectivity index (χ3n) is 15.0. The third-order valence-corrected chi connectivity index (χ3v) is 19.0. The first-order chi connectivity index (χ1) is 32.5. The normalized spacial score (nSPS) is 24.1. The zero-order chi connectivity index (χ0) is 49.6. The minimum Gasteiger partial charge on any atom is -0.481 e. The van der Waals surface area contributed by atoms with Crippen molar-refractivity contribution >= 4 is 54.9 Å². The van der Waals surface area contributed by atoms with Gasteiger partial charge in [0.15, 0.2) is 0 Å². The molecule has 3 aromatic carbocycles. The number of alkyl halides is 5. The predicted octanol–water partition coefficient (Wildman–Crippen LogP) is 8.92. The van der Waals surface area contributed by atoms with Gasteiger partial charge in [-0.25, -0.2) is 30.3 Å². The van der Waals surface area contributed by atoms with Crippen LogP contribution in [-0.4, -0.2) is 120 Å². The van der Waals surface area contributed by atoms with E-state index in [-0.39, 0.29) is 16.4 Å². The molecule has 2 aliphatic heterocycles. The van der Waals surface area contributed by atoms with Crippen LogP contribution in [0, 0.1) is 22.2 Å². The molecule has 376 valence electrons. The Labute approximate surface area is 405 Å². The summed E-state index contributed by atoms with van der Waals surface area (Å²) >= 11 is 1.39. The molecule has 3 N–H and O–H groups in total. The number of anilines is 2. The number of sulfone groups is 1. The van der Waals surface area contributed by atoms with E-state index in [0.717, 1.165) is 61.6 Å². The van der Waals surface area contributed by atoms with Gasteiger partial charge in [0, 0.05) is 72.6 Å². The molecular formula is C49H60F5N5O7S3. The van der Waals surface area contributed by atoms with E-state index in [1.165, 1.54) is 35.0 Å². The van der Waals surface area contributed by atoms with Gasteiger partial charge in [0.05, 0.1) is 16.5 Å². The van der Waals surface area contributed by atoms with Gasteiger partial charge >= 0.3 is 11.5 Å². The molecule has 3 saturated carbocycles. The number of piperidine rings is 1. The first kappa shape index (κ1) is 51.1. The topological polar surface area (TPSA) is 156 Å². The second kappa shape index (κ2) is 19.8. The van der Waals surface area contributed by atoms with Crippen LogP contribution in [0.25, 0.3) is 0 Å². The molecule has 9 rings (SSSR count). The number of piperazine rings is 1. The maximum Gasteiger partial charge on any atom is 0.501 e. The summed E-state index contributed by atoms with van der Waals surface area (Å²) in [6, 6.07) is 17.1. The monoisotopic (exact) mass is 1020 g/mol. The lowest BCUT2D eigenvalue weighted by Gasteiger charge is -2.72. The van der Waals surface area contributed by atoms with E-state index in [1.54, 1.807) is 12.1 Å². The lowest BCUT2D eigenvalue weighted by atomic mass is 9.32. The fourth-order valence-corrected chi connectivity index (χ4v) is 14.0. The summed E-state index contributed by atoms with van der Waals surface area (Å²) in [5, 5.41) is 12.4. The average molecular weight is 1020 g/mol. The number of sulfonamides is 1. The Morgan fingerprint density at radius 3 is 2.13 bits per heavy atom. The highest BCUT2D eigenvalue weighted by atomic mass is 32.2. The van der Waals surface area contributed by atoms with Crippen molar-refractivity contribution in [1.82, 2.24) is 14.5 Å². The Morgan fingerprint density at radius 1 is 0.870 bits per heavy atom. The number of nitrogens with zero attached hydrogens (tertiary/aromatic N) is 3. The van der Waals surface area contributed by atoms with Gasteiger partial charge in [0.25, 0.3) is 25.8 Å². The van der Waals surface area contributed by atoms with E-state index in [4.69, 9.17) is 0 Å². The molecule has 0 unspecified atom stereocenters. The quantitative estimate of drug-likeness (QED) is 0.0633. The number of carboxylic acids is 1. The van der Waals surface area contributed by atoms with E-state index >= 15 is 0 Å². The number of carboxylic acid groups (broad SMARTS) is 1. The number of likely N-dealkylation sites (tertiary alicyclic amines) is 1. The van der Waals surface area contributed by atoms with Gasteiger partial charge in [-0.15, -0.1) is 11.8 Å². The van der Waals surface area contributed by atoms with Crippen molar-refractivity contribution in [3.63, 3.8) is 0 Å². The summed E-state index contributed by atoms with van der Waals surface area (Å²) in [6.07, 6.45) is 3.71. The molecule has 0 radical (unpaired) electrons. The van der Waals surface area contributed by atoms with Crippen LogP contribution in [0.5, 0.6) is 0 Å². The van der Waals surface area contributed by atoms with Crippen LogP contribution in [0.15, 0.2) is 98.6 Å². The number of carbonyl (C=O) groups is 2. The SMILES string of the molecule is CC1(C)CCC(CN2CCN(c3ccc(C(=O)NS(=O)(=O)c4ccc(N[C@H](CCN5CCC(C(=O)O)CC5)CSc5ccccc5)c(S(=O)(=O)C(F)(F)F)c4)cc3)CC2)=C(C23CC(C(F)F)(C2)C3)C1. The van der Waals surface area contributed by atoms with Crippen molar-refractivity contribution in [3.05, 3.63) is 89.5 Å². The Kier molecular flexibility index (Phi) is 14.6. The van der Waals surface area contributed by atoms with Gasteiger partial charge in [-0.3, -0.25) is 14.5 Å². The fraction of sp³-hybridized carbons (Fsp3) is 0.551. The molecule has 2 heterocycles. The molecule has 6 aliphatic rings. The van der Waals surface area contributed by atoms with Crippen molar-refractivity contribution < 1.29 is 53.5 Å². The number of nitrogens with one attached hydrogen (secondary N) is 2. The molecule has 2 saturated heterocycles. The van der Waals surface area contributed by atoms with Gasteiger partial charge in [0.1, 0.15) is 4.90 Å². The van der Waals surface area contributed by atoms with E-state index in [1.807, 2.05) is 40.0 Å². The zero-order valence-electron chi connectivity index (χ0n) is 38.7. The summed E-state index contributed by atoms with van der Waals surface area (Å²) in [4.78, 5) is 30.1. The second-order valence-electron chi connectivity index (χ2n) is 20.5. The van der Waals surface area contributed by atoms with Gasteiger partial charge in [-0.2, -0.15) is 13.2 Å². The lowest BCUT2D eigenvalue weighted by molar-refractivity contribution is -0.250. The molecule has 69 heavy (non-hydrogen) atoms. The predicted molar refractivity (Wildman–Crippen MR) is 255 cm³/mol. The Balaban J connectivity index is 0.917. The number of carbonyl (C=O) groups excluding carboxylic acids is 1. The molecule has 2 bridgehead atoms. The molecule has 0 aromatic heterocycles. The van der Waals surface area contributed by atoms with Crippen LogP contribution in [0.3, 0.4) is 0 Å². The van der Waals surface area contributed by atoms with E-state index < -0.39 is 76.5 Å². The molecule has 5 fully saturated rings. The average Bonchev–Trinajstić information content (AvgIpc) is 3.27. The highest BCUT2D eigenvalue weighted by Gasteiger charge is 2.73. The number of hydrogen-bond donors (Lipinski definition) is 3. The summed E-state index contributed by atoms with van der Waals surface area (Å²) in [5.41, 5.74) is -3.38. The van der Waals surface area contributed by atoms with Gasteiger partial charge in [-0.1, -0.05) is 43.2 Å². The fourth-order valence-electron chi connectivity index (χ4n) is 11.0. The number of amides is 1. The van der Waals surface area contributed by atoms with Gasteiger partial charge in [0.2, 0.25) is 6.43 Å². The summed E-state index contributed by atoms with van der Waals surface area (Å²) in [5.74, 6) is -2.11. The van der Waals surface area contributed by atoms with Crippen molar-refractivity contribution in [2.24, 2.45) is 22.2 Å². The summed E-state index contributed by atoms with van der Waals surface area (Å²) in [6.45, 7) is 9.66. The van der Waals surface area contributed by atoms with E-state index in [2.05, 4.69) is 29.0 Å². The zero-order valence-corrected chi connectivity index (χ0v) is 41.2. The maximum absolute atomic E-state index is 14.2. The number of aliphatic carboxylic acids is 1. The van der Waals surface area contributed by atoms with Gasteiger partial charge < -0.3 is 20.2 Å². The van der Waals surface area contributed by atoms with Crippen LogP contribution in [0.4, 0.5) is 33.3 Å². The first-order valence-corrected chi connectivity index (χ1v) is 27.4. The molecule has 0 spiro atoms. The van der Waals surface area contributed by atoms with E-state index in [9.17, 15) is 53.5 Å². The van der Waals surface area contributed by atoms with Crippen molar-refractivity contribution in [2.45, 2.75) is 104 Å². The Bertz CT molecular complexity index is 2620. The Morgan fingerprint density at radius 2 is 1.52 bits per heavy atom. The van der Waals surface area contributed by atoms with Crippen molar-refractivity contribution in [3.8, 4) is 0 Å². The molecule has 20 heteroatoms. The van der Waals surface area contributed by atoms with Crippen LogP contribution < -0.4 is 14.9 Å². The number of benzene rings is 3. The third kappa shape index (κ3) is 11.1. The second-order valence-corrected chi connectivity index (χ2v) is 25.1. The first-order valence-electron chi connectivity index (χ1n) is 23.5. The standard InChI is InChI=1S/C49H60F5N5O7S3/c1-46(2)18-14-35(40(27-46)47-30-48(31-47,32-47)45(50)51)28-58-22-24-59(25-23-58)37-10-8-33(9-11-37)43(60)56-69(65,66)39-12-13-41(42(26-39)68(63,64)49(52,53)54)55-36(29-67-38-6-4-3-5-7-38)17-21-57-19-15-34(16-20-57)44(61)62/h3-13,26,34,36,45,55H,14-25,27-32H2,1-2H3,(H,56,60)(H,61,62)/t36-,47?,48?/m1/s1. The van der Waals surface area contributed by atoms with Crippen LogP contribution in [0.2, 0.25) is 0 Å². The molecule has 3 aromatic rings. The molecule has 1 amide bonds. The smallest absolute Gasteiger partial charge is 0.481 e. The lowest BCUT2D eigenvalue weighted by Crippen LogP contribution is -2.66. The van der Waals surface area contributed by atoms with E-state index in [0.29, 0.717) is 83.1 Å². The Hall–Kier alpha value is -4.24.